The zero-order valence-electron chi connectivity index (χ0n) is 10.7. The molecule has 0 spiro atoms. The molecule has 0 bridgehead atoms. The van der Waals surface area contributed by atoms with Gasteiger partial charge < -0.3 is 5.32 Å². The van der Waals surface area contributed by atoms with Crippen molar-refractivity contribution in [2.45, 2.75) is 25.8 Å². The van der Waals surface area contributed by atoms with Crippen molar-refractivity contribution < 1.29 is 4.39 Å². The Bertz CT molecular complexity index is 604. The molecule has 98 valence electrons. The largest absolute Gasteiger partial charge is 0.378 e. The third-order valence-corrected chi connectivity index (χ3v) is 4.06. The Kier molecular flexibility index (Phi) is 3.31. The van der Waals surface area contributed by atoms with Gasteiger partial charge in [-0.3, -0.25) is 0 Å². The van der Waals surface area contributed by atoms with Crippen molar-refractivity contribution >= 4 is 21.6 Å². The van der Waals surface area contributed by atoms with Gasteiger partial charge in [0.2, 0.25) is 0 Å². The predicted octanol–water partition coefficient (Wildman–Crippen LogP) is 5.00. The highest BCUT2D eigenvalue weighted by atomic mass is 79.9. The lowest BCUT2D eigenvalue weighted by Crippen LogP contribution is -2.07. The quantitative estimate of drug-likeness (QED) is 0.821. The molecule has 0 radical (unpaired) electrons. The normalized spacial score (nSPS) is 17.3. The highest BCUT2D eigenvalue weighted by molar-refractivity contribution is 9.10. The van der Waals surface area contributed by atoms with E-state index in [0.29, 0.717) is 0 Å². The van der Waals surface area contributed by atoms with E-state index >= 15 is 0 Å². The number of anilines is 1. The molecule has 3 heteroatoms. The number of halogens is 2. The van der Waals surface area contributed by atoms with Gasteiger partial charge in [-0.2, -0.15) is 0 Å². The van der Waals surface area contributed by atoms with Crippen molar-refractivity contribution in [1.29, 1.82) is 0 Å². The molecule has 0 saturated carbocycles. The van der Waals surface area contributed by atoms with Crippen molar-refractivity contribution in [2.75, 3.05) is 5.32 Å². The molecule has 1 aliphatic carbocycles. The molecule has 19 heavy (non-hydrogen) atoms. The molecular formula is C16H15BrFN. The van der Waals surface area contributed by atoms with Gasteiger partial charge >= 0.3 is 0 Å². The topological polar surface area (TPSA) is 12.0 Å². The van der Waals surface area contributed by atoms with Gasteiger partial charge in [-0.05, 0) is 66.8 Å². The molecule has 1 unspecified atom stereocenters. The molecule has 0 amide bonds. The van der Waals surface area contributed by atoms with Crippen LogP contribution in [0.3, 0.4) is 0 Å². The summed E-state index contributed by atoms with van der Waals surface area (Å²) >= 11 is 3.50. The SMILES string of the molecule is Cc1cc(F)cc(NC2CCc3cc(Br)ccc32)c1. The molecule has 1 atom stereocenters. The molecule has 0 aliphatic heterocycles. The van der Waals surface area contributed by atoms with Crippen LogP contribution in [-0.4, -0.2) is 0 Å². The number of fused-ring (bicyclic) bond motifs is 1. The minimum atomic E-state index is -0.184. The summed E-state index contributed by atoms with van der Waals surface area (Å²) in [6.45, 7) is 1.91. The third kappa shape index (κ3) is 2.66. The zero-order valence-corrected chi connectivity index (χ0v) is 12.3. The number of benzene rings is 2. The van der Waals surface area contributed by atoms with Gasteiger partial charge in [0.05, 0.1) is 6.04 Å². The molecule has 0 fully saturated rings. The van der Waals surface area contributed by atoms with Crippen molar-refractivity contribution in [2.24, 2.45) is 0 Å². The van der Waals surface area contributed by atoms with E-state index in [1.165, 1.54) is 11.1 Å². The van der Waals surface area contributed by atoms with Crippen LogP contribution in [0.4, 0.5) is 10.1 Å². The van der Waals surface area contributed by atoms with Gasteiger partial charge in [-0.15, -0.1) is 0 Å². The molecule has 1 nitrogen and oxygen atoms in total. The second-order valence-electron chi connectivity index (χ2n) is 5.10. The predicted molar refractivity (Wildman–Crippen MR) is 80.0 cm³/mol. The Balaban J connectivity index is 1.86. The summed E-state index contributed by atoms with van der Waals surface area (Å²) in [4.78, 5) is 0. The molecule has 0 saturated heterocycles. The fraction of sp³-hybridized carbons (Fsp3) is 0.250. The number of nitrogens with one attached hydrogen (secondary N) is 1. The molecular weight excluding hydrogens is 305 g/mol. The fourth-order valence-electron chi connectivity index (χ4n) is 2.76. The summed E-state index contributed by atoms with van der Waals surface area (Å²) in [7, 11) is 0. The smallest absolute Gasteiger partial charge is 0.125 e. The summed E-state index contributed by atoms with van der Waals surface area (Å²) in [5, 5.41) is 3.44. The Labute approximate surface area is 121 Å². The summed E-state index contributed by atoms with van der Waals surface area (Å²) in [6.07, 6.45) is 2.13. The van der Waals surface area contributed by atoms with E-state index in [9.17, 15) is 4.39 Å². The molecule has 0 heterocycles. The number of hydrogen-bond donors (Lipinski definition) is 1. The second-order valence-corrected chi connectivity index (χ2v) is 6.01. The van der Waals surface area contributed by atoms with Gasteiger partial charge in [0.15, 0.2) is 0 Å². The summed E-state index contributed by atoms with van der Waals surface area (Å²) in [6, 6.07) is 11.8. The van der Waals surface area contributed by atoms with Gasteiger partial charge in [0, 0.05) is 10.2 Å². The van der Waals surface area contributed by atoms with E-state index in [-0.39, 0.29) is 11.9 Å². The molecule has 1 N–H and O–H groups in total. The van der Waals surface area contributed by atoms with Crippen molar-refractivity contribution in [3.63, 3.8) is 0 Å². The van der Waals surface area contributed by atoms with Crippen LogP contribution >= 0.6 is 15.9 Å². The number of hydrogen-bond acceptors (Lipinski definition) is 1. The summed E-state index contributed by atoms with van der Waals surface area (Å²) in [5.41, 5.74) is 4.50. The fourth-order valence-corrected chi connectivity index (χ4v) is 3.17. The standard InChI is InChI=1S/C16H15BrFN/c1-10-6-13(18)9-14(7-10)19-16-5-2-11-8-12(17)3-4-15(11)16/h3-4,6-9,16,19H,2,5H2,1H3. The molecule has 3 rings (SSSR count). The Morgan fingerprint density at radius 3 is 2.84 bits per heavy atom. The van der Waals surface area contributed by atoms with Crippen molar-refractivity contribution in [3.8, 4) is 0 Å². The minimum Gasteiger partial charge on any atom is -0.378 e. The van der Waals surface area contributed by atoms with Crippen LogP contribution in [0.2, 0.25) is 0 Å². The summed E-state index contributed by atoms with van der Waals surface area (Å²) in [5.74, 6) is -0.184. The summed E-state index contributed by atoms with van der Waals surface area (Å²) < 4.78 is 14.5. The molecule has 0 aromatic heterocycles. The van der Waals surface area contributed by atoms with Gasteiger partial charge in [0.1, 0.15) is 5.82 Å². The Morgan fingerprint density at radius 2 is 2.05 bits per heavy atom. The van der Waals surface area contributed by atoms with Crippen LogP contribution in [0.15, 0.2) is 40.9 Å². The lowest BCUT2D eigenvalue weighted by atomic mass is 10.1. The molecule has 2 aromatic rings. The van der Waals surface area contributed by atoms with Crippen LogP contribution in [0.1, 0.15) is 29.2 Å². The third-order valence-electron chi connectivity index (χ3n) is 3.57. The first kappa shape index (κ1) is 12.7. The van der Waals surface area contributed by atoms with E-state index in [0.717, 1.165) is 28.6 Å². The average Bonchev–Trinajstić information content (AvgIpc) is 2.70. The van der Waals surface area contributed by atoms with E-state index in [1.807, 2.05) is 13.0 Å². The van der Waals surface area contributed by atoms with Gasteiger partial charge in [-0.25, -0.2) is 4.39 Å². The van der Waals surface area contributed by atoms with E-state index in [4.69, 9.17) is 0 Å². The molecule has 2 aromatic carbocycles. The molecule has 1 aliphatic rings. The number of aryl methyl sites for hydroxylation is 2. The highest BCUT2D eigenvalue weighted by Gasteiger charge is 2.22. The number of rotatable bonds is 2. The van der Waals surface area contributed by atoms with Crippen LogP contribution < -0.4 is 5.32 Å². The first-order chi connectivity index (χ1) is 9.11. The zero-order chi connectivity index (χ0) is 13.4. The van der Waals surface area contributed by atoms with E-state index in [1.54, 1.807) is 12.1 Å². The van der Waals surface area contributed by atoms with E-state index < -0.39 is 0 Å². The maximum absolute atomic E-state index is 13.4. The van der Waals surface area contributed by atoms with Crippen LogP contribution in [0.25, 0.3) is 0 Å². The minimum absolute atomic E-state index is 0.184. The second kappa shape index (κ2) is 4.97. The monoisotopic (exact) mass is 319 g/mol. The first-order valence-electron chi connectivity index (χ1n) is 6.44. The van der Waals surface area contributed by atoms with Gasteiger partial charge in [-0.1, -0.05) is 22.0 Å². The first-order valence-corrected chi connectivity index (χ1v) is 7.23. The van der Waals surface area contributed by atoms with Crippen LogP contribution in [0.5, 0.6) is 0 Å². The lowest BCUT2D eigenvalue weighted by Gasteiger charge is -2.16. The van der Waals surface area contributed by atoms with Crippen LogP contribution in [0, 0.1) is 12.7 Å². The van der Waals surface area contributed by atoms with Crippen LogP contribution in [-0.2, 0) is 6.42 Å². The van der Waals surface area contributed by atoms with Gasteiger partial charge in [0.25, 0.3) is 0 Å². The maximum Gasteiger partial charge on any atom is 0.125 e. The average molecular weight is 320 g/mol. The highest BCUT2D eigenvalue weighted by Crippen LogP contribution is 2.35. The maximum atomic E-state index is 13.4. The lowest BCUT2D eigenvalue weighted by molar-refractivity contribution is 0.626. The van der Waals surface area contributed by atoms with Crippen molar-refractivity contribution in [3.05, 3.63) is 63.4 Å². The Morgan fingerprint density at radius 1 is 1.21 bits per heavy atom. The van der Waals surface area contributed by atoms with E-state index in [2.05, 4.69) is 39.4 Å². The Hall–Kier alpha value is -1.35. The van der Waals surface area contributed by atoms with Crippen molar-refractivity contribution in [1.82, 2.24) is 0 Å².